The van der Waals surface area contributed by atoms with E-state index in [1.54, 1.807) is 18.6 Å². The Morgan fingerprint density at radius 2 is 2.14 bits per heavy atom. The second kappa shape index (κ2) is 4.30. The molecule has 2 aromatic rings. The molecule has 70 valence electrons. The highest BCUT2D eigenvalue weighted by atomic mass is 31.1. The summed E-state index contributed by atoms with van der Waals surface area (Å²) in [6, 6.07) is 8.43. The molecular weight excluding hydrogens is 191 g/mol. The molecule has 0 aliphatic rings. The van der Waals surface area contributed by atoms with Crippen LogP contribution in [0.1, 0.15) is 0 Å². The summed E-state index contributed by atoms with van der Waals surface area (Å²) in [5.41, 5.74) is 2.08. The van der Waals surface area contributed by atoms with E-state index < -0.39 is 0 Å². The molecule has 0 radical (unpaired) electrons. The van der Waals surface area contributed by atoms with Gasteiger partial charge in [0.05, 0.1) is 11.9 Å². The Labute approximate surface area is 85.2 Å². The molecule has 3 heteroatoms. The Bertz CT molecular complexity index is 415. The Morgan fingerprint density at radius 3 is 2.86 bits per heavy atom. The van der Waals surface area contributed by atoms with E-state index in [-0.39, 0.29) is 0 Å². The third-order valence-electron chi connectivity index (χ3n) is 2.01. The summed E-state index contributed by atoms with van der Waals surface area (Å²) < 4.78 is 0. The lowest BCUT2D eigenvalue weighted by atomic mass is 10.2. The molecule has 1 heterocycles. The monoisotopic (exact) mass is 202 g/mol. The molecule has 2 rings (SSSR count). The van der Waals surface area contributed by atoms with Crippen LogP contribution in [0.25, 0.3) is 11.3 Å². The van der Waals surface area contributed by atoms with E-state index in [0.29, 0.717) is 0 Å². The molecular formula is C11H11N2P. The fourth-order valence-corrected chi connectivity index (χ4v) is 1.84. The molecule has 14 heavy (non-hydrogen) atoms. The number of benzene rings is 1. The standard InChI is InChI=1S/C11H11N2P/c1-14-10-4-2-3-9(7-10)11-8-12-5-6-13-11/h2-8,14H,1H3. The van der Waals surface area contributed by atoms with Gasteiger partial charge in [-0.15, -0.1) is 0 Å². The molecule has 0 aliphatic carbocycles. The van der Waals surface area contributed by atoms with Crippen LogP contribution in [0.2, 0.25) is 0 Å². The second-order valence-corrected chi connectivity index (χ2v) is 4.00. The number of hydrogen-bond acceptors (Lipinski definition) is 2. The van der Waals surface area contributed by atoms with Gasteiger partial charge in [-0.05, 0) is 18.0 Å². The first-order valence-electron chi connectivity index (χ1n) is 4.44. The summed E-state index contributed by atoms with van der Waals surface area (Å²) in [5.74, 6) is 0. The first-order chi connectivity index (χ1) is 6.90. The van der Waals surface area contributed by atoms with E-state index in [9.17, 15) is 0 Å². The van der Waals surface area contributed by atoms with Crippen LogP contribution in [0, 0.1) is 0 Å². The Hall–Kier alpha value is -1.27. The molecule has 0 bridgehead atoms. The molecule has 0 N–H and O–H groups in total. The molecule has 0 saturated carbocycles. The number of hydrogen-bond donors (Lipinski definition) is 0. The van der Waals surface area contributed by atoms with Gasteiger partial charge in [0.1, 0.15) is 0 Å². The lowest BCUT2D eigenvalue weighted by molar-refractivity contribution is 1.21. The highest BCUT2D eigenvalue weighted by Gasteiger charge is 1.98. The van der Waals surface area contributed by atoms with Crippen molar-refractivity contribution in [2.24, 2.45) is 0 Å². The van der Waals surface area contributed by atoms with E-state index in [1.165, 1.54) is 5.30 Å². The van der Waals surface area contributed by atoms with Crippen molar-refractivity contribution in [3.63, 3.8) is 0 Å². The minimum Gasteiger partial charge on any atom is -0.261 e. The number of nitrogens with zero attached hydrogens (tertiary/aromatic N) is 2. The maximum Gasteiger partial charge on any atom is 0.0885 e. The molecule has 2 nitrogen and oxygen atoms in total. The van der Waals surface area contributed by atoms with Crippen LogP contribution < -0.4 is 5.30 Å². The van der Waals surface area contributed by atoms with Gasteiger partial charge in [-0.25, -0.2) is 0 Å². The van der Waals surface area contributed by atoms with Gasteiger partial charge in [-0.1, -0.05) is 26.8 Å². The predicted octanol–water partition coefficient (Wildman–Crippen LogP) is 2.08. The minimum atomic E-state index is 0.823. The predicted molar refractivity (Wildman–Crippen MR) is 61.3 cm³/mol. The van der Waals surface area contributed by atoms with E-state index in [2.05, 4.69) is 40.9 Å². The maximum atomic E-state index is 4.26. The summed E-state index contributed by atoms with van der Waals surface area (Å²) in [5, 5.41) is 1.35. The van der Waals surface area contributed by atoms with Crippen molar-refractivity contribution in [1.29, 1.82) is 0 Å². The van der Waals surface area contributed by atoms with Crippen molar-refractivity contribution < 1.29 is 0 Å². The lowest BCUT2D eigenvalue weighted by Crippen LogP contribution is -1.94. The van der Waals surface area contributed by atoms with Gasteiger partial charge in [0, 0.05) is 18.0 Å². The first-order valence-corrected chi connectivity index (χ1v) is 5.94. The zero-order valence-corrected chi connectivity index (χ0v) is 8.94. The average Bonchev–Trinajstić information content (AvgIpc) is 2.30. The van der Waals surface area contributed by atoms with Crippen LogP contribution in [0.5, 0.6) is 0 Å². The van der Waals surface area contributed by atoms with E-state index in [4.69, 9.17) is 0 Å². The van der Waals surface area contributed by atoms with Gasteiger partial charge in [-0.3, -0.25) is 9.97 Å². The van der Waals surface area contributed by atoms with E-state index in [1.807, 2.05) is 0 Å². The van der Waals surface area contributed by atoms with Crippen molar-refractivity contribution in [2.45, 2.75) is 0 Å². The third-order valence-corrected chi connectivity index (χ3v) is 2.90. The molecule has 0 amide bonds. The fraction of sp³-hybridized carbons (Fsp3) is 0.0909. The molecule has 0 saturated heterocycles. The largest absolute Gasteiger partial charge is 0.261 e. The van der Waals surface area contributed by atoms with Gasteiger partial charge < -0.3 is 0 Å². The molecule has 1 unspecified atom stereocenters. The summed E-state index contributed by atoms with van der Waals surface area (Å²) in [7, 11) is 0.823. The summed E-state index contributed by atoms with van der Waals surface area (Å²) in [4.78, 5) is 8.32. The zero-order chi connectivity index (χ0) is 9.80. The summed E-state index contributed by atoms with van der Waals surface area (Å²) >= 11 is 0. The third kappa shape index (κ3) is 1.97. The molecule has 0 fully saturated rings. The lowest BCUT2D eigenvalue weighted by Gasteiger charge is -2.01. The van der Waals surface area contributed by atoms with E-state index in [0.717, 1.165) is 19.8 Å². The van der Waals surface area contributed by atoms with Gasteiger partial charge in [0.25, 0.3) is 0 Å². The zero-order valence-electron chi connectivity index (χ0n) is 7.94. The maximum absolute atomic E-state index is 4.26. The normalized spacial score (nSPS) is 10.9. The van der Waals surface area contributed by atoms with Crippen LogP contribution >= 0.6 is 8.58 Å². The highest BCUT2D eigenvalue weighted by molar-refractivity contribution is 7.46. The highest BCUT2D eigenvalue weighted by Crippen LogP contribution is 2.15. The topological polar surface area (TPSA) is 25.8 Å². The molecule has 1 aromatic carbocycles. The van der Waals surface area contributed by atoms with Crippen LogP contribution in [-0.4, -0.2) is 16.6 Å². The SMILES string of the molecule is CPc1cccc(-c2cnccn2)c1. The average molecular weight is 202 g/mol. The van der Waals surface area contributed by atoms with Crippen LogP contribution in [0.3, 0.4) is 0 Å². The van der Waals surface area contributed by atoms with Gasteiger partial charge in [0.15, 0.2) is 0 Å². The summed E-state index contributed by atoms with van der Waals surface area (Å²) in [6.07, 6.45) is 5.20. The molecule has 1 aromatic heterocycles. The van der Waals surface area contributed by atoms with Crippen molar-refractivity contribution in [1.82, 2.24) is 9.97 Å². The van der Waals surface area contributed by atoms with Gasteiger partial charge >= 0.3 is 0 Å². The Balaban J connectivity index is 2.42. The molecule has 1 atom stereocenters. The van der Waals surface area contributed by atoms with Crippen LogP contribution in [0.15, 0.2) is 42.9 Å². The second-order valence-electron chi connectivity index (χ2n) is 2.92. The van der Waals surface area contributed by atoms with Gasteiger partial charge in [-0.2, -0.15) is 0 Å². The fourth-order valence-electron chi connectivity index (χ4n) is 1.28. The van der Waals surface area contributed by atoms with Gasteiger partial charge in [0.2, 0.25) is 0 Å². The number of rotatable bonds is 2. The molecule has 0 spiro atoms. The smallest absolute Gasteiger partial charge is 0.0885 e. The van der Waals surface area contributed by atoms with E-state index >= 15 is 0 Å². The quantitative estimate of drug-likeness (QED) is 0.697. The van der Waals surface area contributed by atoms with Crippen molar-refractivity contribution >= 4 is 13.9 Å². The molecule has 0 aliphatic heterocycles. The Morgan fingerprint density at radius 1 is 1.21 bits per heavy atom. The first kappa shape index (κ1) is 9.29. The van der Waals surface area contributed by atoms with Crippen molar-refractivity contribution in [2.75, 3.05) is 6.66 Å². The van der Waals surface area contributed by atoms with Crippen LogP contribution in [0.4, 0.5) is 0 Å². The van der Waals surface area contributed by atoms with Crippen molar-refractivity contribution in [3.8, 4) is 11.3 Å². The Kier molecular flexibility index (Phi) is 2.85. The van der Waals surface area contributed by atoms with Crippen molar-refractivity contribution in [3.05, 3.63) is 42.9 Å². The van der Waals surface area contributed by atoms with Crippen LogP contribution in [-0.2, 0) is 0 Å². The number of aromatic nitrogens is 2. The summed E-state index contributed by atoms with van der Waals surface area (Å²) in [6.45, 7) is 2.18. The minimum absolute atomic E-state index is 0.823.